The van der Waals surface area contributed by atoms with Gasteiger partial charge in [0, 0.05) is 18.7 Å². The van der Waals surface area contributed by atoms with Gasteiger partial charge in [-0.15, -0.1) is 0 Å². The number of rotatable bonds is 10. The van der Waals surface area contributed by atoms with E-state index in [1.165, 1.54) is 5.56 Å². The summed E-state index contributed by atoms with van der Waals surface area (Å²) in [6.45, 7) is 13.6. The van der Waals surface area contributed by atoms with Crippen LogP contribution in [-0.2, 0) is 13.1 Å². The van der Waals surface area contributed by atoms with Crippen LogP contribution in [-0.4, -0.2) is 46.1 Å². The summed E-state index contributed by atoms with van der Waals surface area (Å²) in [5, 5.41) is 5.15. The lowest BCUT2D eigenvalue weighted by atomic mass is 10.1. The minimum atomic E-state index is -0.0585. The van der Waals surface area contributed by atoms with Gasteiger partial charge >= 0.3 is 0 Å². The molecule has 6 heteroatoms. The molecule has 3 aromatic rings. The molecule has 0 spiro atoms. The highest BCUT2D eigenvalue weighted by Gasteiger charge is 2.15. The lowest BCUT2D eigenvalue weighted by Gasteiger charge is -2.26. The average molecular weight is 465 g/mol. The van der Waals surface area contributed by atoms with Gasteiger partial charge < -0.3 is 20.1 Å². The standard InChI is InChI=1S/C27H36N4OS/c1-5-30(6-2)14-10-13-28-27(33)31(18-22-11-8-7-9-12-22)19-24-17-23-16-20(3)15-21(4)25(23)29-26(24)32/h7-9,11-12,15-17H,5-6,10,13-14,18-19H2,1-4H3,(H,28,33)(H,29,32). The molecule has 0 saturated heterocycles. The summed E-state index contributed by atoms with van der Waals surface area (Å²) >= 11 is 5.78. The van der Waals surface area contributed by atoms with Crippen LogP contribution in [0.25, 0.3) is 10.9 Å². The number of aryl methyl sites for hydroxylation is 2. The molecule has 5 nitrogen and oxygen atoms in total. The highest BCUT2D eigenvalue weighted by atomic mass is 32.1. The van der Waals surface area contributed by atoms with Crippen molar-refractivity contribution in [2.24, 2.45) is 0 Å². The molecule has 3 rings (SSSR count). The number of pyridine rings is 1. The Hall–Kier alpha value is -2.70. The number of H-pyrrole nitrogens is 1. The predicted molar refractivity (Wildman–Crippen MR) is 143 cm³/mol. The van der Waals surface area contributed by atoms with E-state index in [9.17, 15) is 4.79 Å². The van der Waals surface area contributed by atoms with Crippen molar-refractivity contribution in [3.05, 3.63) is 81.1 Å². The zero-order chi connectivity index (χ0) is 23.8. The third-order valence-electron chi connectivity index (χ3n) is 6.06. The predicted octanol–water partition coefficient (Wildman–Crippen LogP) is 4.75. The lowest BCUT2D eigenvalue weighted by molar-refractivity contribution is 0.299. The first-order chi connectivity index (χ1) is 15.9. The largest absolute Gasteiger partial charge is 0.363 e. The molecule has 0 fully saturated rings. The number of hydrogen-bond acceptors (Lipinski definition) is 3. The first-order valence-electron chi connectivity index (χ1n) is 11.8. The van der Waals surface area contributed by atoms with Gasteiger partial charge in [0.25, 0.3) is 5.56 Å². The number of aromatic nitrogens is 1. The van der Waals surface area contributed by atoms with Gasteiger partial charge in [0.05, 0.1) is 12.1 Å². The van der Waals surface area contributed by atoms with Crippen LogP contribution in [0.2, 0.25) is 0 Å². The van der Waals surface area contributed by atoms with Crippen molar-refractivity contribution in [1.82, 2.24) is 20.1 Å². The summed E-state index contributed by atoms with van der Waals surface area (Å²) in [6.07, 6.45) is 1.02. The molecule has 1 heterocycles. The molecule has 0 radical (unpaired) electrons. The topological polar surface area (TPSA) is 51.4 Å². The van der Waals surface area contributed by atoms with E-state index in [1.54, 1.807) is 0 Å². The third kappa shape index (κ3) is 6.89. The van der Waals surface area contributed by atoms with Crippen molar-refractivity contribution in [2.75, 3.05) is 26.2 Å². The van der Waals surface area contributed by atoms with E-state index >= 15 is 0 Å². The molecule has 0 atom stereocenters. The van der Waals surface area contributed by atoms with Gasteiger partial charge in [-0.2, -0.15) is 0 Å². The van der Waals surface area contributed by atoms with Crippen LogP contribution in [0.5, 0.6) is 0 Å². The molecule has 0 aliphatic rings. The fourth-order valence-electron chi connectivity index (χ4n) is 4.21. The minimum absolute atomic E-state index is 0.0585. The van der Waals surface area contributed by atoms with Gasteiger partial charge in [-0.05, 0) is 80.8 Å². The summed E-state index contributed by atoms with van der Waals surface area (Å²) in [5.41, 5.74) is 4.99. The zero-order valence-electron chi connectivity index (χ0n) is 20.3. The average Bonchev–Trinajstić information content (AvgIpc) is 2.80. The fourth-order valence-corrected chi connectivity index (χ4v) is 4.44. The quantitative estimate of drug-likeness (QED) is 0.335. The van der Waals surface area contributed by atoms with Gasteiger partial charge in [0.1, 0.15) is 0 Å². The summed E-state index contributed by atoms with van der Waals surface area (Å²) in [6, 6.07) is 16.5. The molecule has 0 unspecified atom stereocenters. The molecule has 0 aliphatic carbocycles. The second kappa shape index (κ2) is 12.0. The van der Waals surface area contributed by atoms with E-state index < -0.39 is 0 Å². The Morgan fingerprint density at radius 3 is 2.45 bits per heavy atom. The maximum atomic E-state index is 12.9. The Bertz CT molecular complexity index is 1120. The number of aromatic amines is 1. The lowest BCUT2D eigenvalue weighted by Crippen LogP contribution is -2.41. The van der Waals surface area contributed by atoms with E-state index in [0.717, 1.165) is 60.2 Å². The minimum Gasteiger partial charge on any atom is -0.363 e. The van der Waals surface area contributed by atoms with Crippen LogP contribution in [0.3, 0.4) is 0 Å². The molecule has 0 saturated carbocycles. The normalized spacial score (nSPS) is 11.2. The van der Waals surface area contributed by atoms with Crippen molar-refractivity contribution in [3.8, 4) is 0 Å². The number of thiocarbonyl (C=S) groups is 1. The van der Waals surface area contributed by atoms with Crippen LogP contribution in [0.15, 0.2) is 53.3 Å². The second-order valence-electron chi connectivity index (χ2n) is 8.62. The molecule has 0 bridgehead atoms. The molecule has 0 aliphatic heterocycles. The molecule has 0 amide bonds. The molecule has 33 heavy (non-hydrogen) atoms. The Morgan fingerprint density at radius 2 is 1.76 bits per heavy atom. The Morgan fingerprint density at radius 1 is 1.03 bits per heavy atom. The summed E-state index contributed by atoms with van der Waals surface area (Å²) in [7, 11) is 0. The number of hydrogen-bond donors (Lipinski definition) is 2. The highest BCUT2D eigenvalue weighted by Crippen LogP contribution is 2.19. The smallest absolute Gasteiger partial charge is 0.253 e. The van der Waals surface area contributed by atoms with Crippen molar-refractivity contribution < 1.29 is 0 Å². The number of fused-ring (bicyclic) bond motifs is 1. The maximum absolute atomic E-state index is 12.9. The van der Waals surface area contributed by atoms with Crippen LogP contribution in [0.1, 0.15) is 42.5 Å². The van der Waals surface area contributed by atoms with Crippen LogP contribution in [0, 0.1) is 13.8 Å². The summed E-state index contributed by atoms with van der Waals surface area (Å²) < 4.78 is 0. The number of nitrogens with zero attached hydrogens (tertiary/aromatic N) is 2. The van der Waals surface area contributed by atoms with Gasteiger partial charge in [-0.1, -0.05) is 55.8 Å². The highest BCUT2D eigenvalue weighted by molar-refractivity contribution is 7.80. The Kier molecular flexibility index (Phi) is 9.03. The van der Waals surface area contributed by atoms with Crippen molar-refractivity contribution >= 4 is 28.2 Å². The fraction of sp³-hybridized carbons (Fsp3) is 0.407. The Balaban J connectivity index is 1.79. The van der Waals surface area contributed by atoms with Crippen molar-refractivity contribution in [3.63, 3.8) is 0 Å². The van der Waals surface area contributed by atoms with Crippen LogP contribution >= 0.6 is 12.2 Å². The van der Waals surface area contributed by atoms with Gasteiger partial charge in [-0.3, -0.25) is 4.79 Å². The van der Waals surface area contributed by atoms with Crippen molar-refractivity contribution in [1.29, 1.82) is 0 Å². The van der Waals surface area contributed by atoms with E-state index in [-0.39, 0.29) is 5.56 Å². The molecule has 176 valence electrons. The molecule has 1 aromatic heterocycles. The van der Waals surface area contributed by atoms with E-state index in [1.807, 2.05) is 31.2 Å². The Labute approximate surface area is 202 Å². The molecule has 2 N–H and O–H groups in total. The SMILES string of the molecule is CCN(CC)CCCNC(=S)N(Cc1ccccc1)Cc1cc2cc(C)cc(C)c2[nH]c1=O. The van der Waals surface area contributed by atoms with Gasteiger partial charge in [0.15, 0.2) is 5.11 Å². The van der Waals surface area contributed by atoms with Gasteiger partial charge in [-0.25, -0.2) is 0 Å². The molecule has 2 aromatic carbocycles. The summed E-state index contributed by atoms with van der Waals surface area (Å²) in [5.74, 6) is 0. The number of benzene rings is 2. The van der Waals surface area contributed by atoms with Gasteiger partial charge in [0.2, 0.25) is 0 Å². The van der Waals surface area contributed by atoms with Crippen LogP contribution < -0.4 is 10.9 Å². The molecular weight excluding hydrogens is 428 g/mol. The first-order valence-corrected chi connectivity index (χ1v) is 12.2. The van der Waals surface area contributed by atoms with E-state index in [0.29, 0.717) is 18.2 Å². The molecular formula is C27H36N4OS. The van der Waals surface area contributed by atoms with E-state index in [4.69, 9.17) is 12.2 Å². The maximum Gasteiger partial charge on any atom is 0.253 e. The summed E-state index contributed by atoms with van der Waals surface area (Å²) in [4.78, 5) is 20.5. The number of nitrogens with one attached hydrogen (secondary N) is 2. The van der Waals surface area contributed by atoms with Crippen LogP contribution in [0.4, 0.5) is 0 Å². The monoisotopic (exact) mass is 464 g/mol. The van der Waals surface area contributed by atoms with Crippen molar-refractivity contribution in [2.45, 2.75) is 47.2 Å². The van der Waals surface area contributed by atoms with E-state index in [2.05, 4.69) is 65.1 Å². The first kappa shape index (κ1) is 24.9. The second-order valence-corrected chi connectivity index (χ2v) is 9.01. The third-order valence-corrected chi connectivity index (χ3v) is 6.46. The zero-order valence-corrected chi connectivity index (χ0v) is 21.1.